The molecule has 0 bridgehead atoms. The fourth-order valence-corrected chi connectivity index (χ4v) is 3.30. The van der Waals surface area contributed by atoms with E-state index in [1.807, 2.05) is 25.1 Å². The van der Waals surface area contributed by atoms with Gasteiger partial charge in [-0.25, -0.2) is 8.42 Å². The minimum atomic E-state index is -3.65. The summed E-state index contributed by atoms with van der Waals surface area (Å²) in [7, 11) is -3.65. The van der Waals surface area contributed by atoms with Crippen LogP contribution in [0.1, 0.15) is 11.1 Å². The van der Waals surface area contributed by atoms with Crippen LogP contribution in [-0.2, 0) is 10.0 Å². The van der Waals surface area contributed by atoms with Gasteiger partial charge >= 0.3 is 0 Å². The Morgan fingerprint density at radius 1 is 1.10 bits per heavy atom. The highest BCUT2D eigenvalue weighted by atomic mass is 32.2. The predicted molar refractivity (Wildman–Crippen MR) is 81.4 cm³/mol. The van der Waals surface area contributed by atoms with Crippen molar-refractivity contribution in [3.8, 4) is 5.75 Å². The van der Waals surface area contributed by atoms with E-state index < -0.39 is 16.3 Å². The highest BCUT2D eigenvalue weighted by Gasteiger charge is 2.30. The fourth-order valence-electron chi connectivity index (χ4n) is 2.20. The van der Waals surface area contributed by atoms with Gasteiger partial charge in [-0.15, -0.1) is 0 Å². The number of benzene rings is 2. The zero-order valence-corrected chi connectivity index (χ0v) is 12.4. The summed E-state index contributed by atoms with van der Waals surface area (Å²) in [6.07, 6.45) is -0.770. The Morgan fingerprint density at radius 2 is 1.76 bits per heavy atom. The summed E-state index contributed by atoms with van der Waals surface area (Å²) >= 11 is 0. The van der Waals surface area contributed by atoms with Gasteiger partial charge in [-0.1, -0.05) is 42.5 Å². The molecule has 1 aliphatic rings. The van der Waals surface area contributed by atoms with E-state index in [1.165, 1.54) is 0 Å². The van der Waals surface area contributed by atoms with Crippen LogP contribution in [0.15, 0.2) is 60.0 Å². The van der Waals surface area contributed by atoms with E-state index in [2.05, 4.69) is 11.3 Å². The molecule has 0 amide bonds. The van der Waals surface area contributed by atoms with Crippen molar-refractivity contribution in [2.24, 2.45) is 0 Å². The van der Waals surface area contributed by atoms with Gasteiger partial charge in [0, 0.05) is 11.1 Å². The molecular weight excluding hydrogens is 286 g/mol. The van der Waals surface area contributed by atoms with E-state index >= 15 is 0 Å². The predicted octanol–water partition coefficient (Wildman–Crippen LogP) is 2.71. The number of nitrogens with one attached hydrogen (secondary N) is 1. The van der Waals surface area contributed by atoms with Gasteiger partial charge in [0.1, 0.15) is 5.75 Å². The summed E-state index contributed by atoms with van der Waals surface area (Å²) in [6.45, 7) is 5.82. The van der Waals surface area contributed by atoms with E-state index in [0.29, 0.717) is 11.3 Å². The first-order valence-electron chi connectivity index (χ1n) is 6.51. The Morgan fingerprint density at radius 3 is 2.43 bits per heavy atom. The lowest BCUT2D eigenvalue weighted by atomic mass is 10.1. The van der Waals surface area contributed by atoms with Crippen LogP contribution in [0.3, 0.4) is 0 Å². The third kappa shape index (κ3) is 2.57. The first-order chi connectivity index (χ1) is 9.97. The van der Waals surface area contributed by atoms with Crippen molar-refractivity contribution in [1.82, 2.24) is 4.72 Å². The van der Waals surface area contributed by atoms with E-state index in [4.69, 9.17) is 4.74 Å². The molecule has 21 heavy (non-hydrogen) atoms. The van der Waals surface area contributed by atoms with Crippen molar-refractivity contribution < 1.29 is 13.2 Å². The van der Waals surface area contributed by atoms with Crippen molar-refractivity contribution >= 4 is 15.6 Å². The maximum atomic E-state index is 12.4. The van der Waals surface area contributed by atoms with E-state index in [1.54, 1.807) is 30.3 Å². The molecule has 1 aliphatic heterocycles. The first-order valence-corrected chi connectivity index (χ1v) is 7.99. The quantitative estimate of drug-likeness (QED) is 0.948. The highest BCUT2D eigenvalue weighted by Crippen LogP contribution is 2.35. The molecule has 0 unspecified atom stereocenters. The number of sulfonamides is 1. The average Bonchev–Trinajstić information content (AvgIpc) is 2.76. The minimum Gasteiger partial charge on any atom is -0.469 e. The molecule has 2 aromatic carbocycles. The molecule has 0 saturated carbocycles. The lowest BCUT2D eigenvalue weighted by molar-refractivity contribution is 0.265. The monoisotopic (exact) mass is 301 g/mol. The van der Waals surface area contributed by atoms with Gasteiger partial charge in [0.15, 0.2) is 6.23 Å². The molecule has 4 nitrogen and oxygen atoms in total. The summed E-state index contributed by atoms with van der Waals surface area (Å²) in [6, 6.07) is 14.0. The van der Waals surface area contributed by atoms with E-state index in [-0.39, 0.29) is 4.90 Å². The van der Waals surface area contributed by atoms with Gasteiger partial charge in [0.05, 0.1) is 4.90 Å². The third-order valence-electron chi connectivity index (χ3n) is 3.39. The summed E-state index contributed by atoms with van der Waals surface area (Å²) in [5, 5.41) is 0. The Hall–Kier alpha value is -2.11. The zero-order chi connectivity index (χ0) is 15.0. The van der Waals surface area contributed by atoms with Crippen LogP contribution in [0, 0.1) is 6.92 Å². The molecule has 1 N–H and O–H groups in total. The number of ether oxygens (including phenoxy) is 1. The summed E-state index contributed by atoms with van der Waals surface area (Å²) in [5.74, 6) is 0.638. The lowest BCUT2D eigenvalue weighted by Gasteiger charge is -2.14. The molecule has 0 radical (unpaired) electrons. The lowest BCUT2D eigenvalue weighted by Crippen LogP contribution is -2.37. The number of rotatable bonds is 3. The van der Waals surface area contributed by atoms with Gasteiger partial charge < -0.3 is 4.74 Å². The van der Waals surface area contributed by atoms with Crippen molar-refractivity contribution in [2.75, 3.05) is 0 Å². The Bertz CT molecular complexity index is 795. The number of hydrogen-bond donors (Lipinski definition) is 1. The number of hydrogen-bond acceptors (Lipinski definition) is 3. The number of para-hydroxylation sites is 1. The largest absolute Gasteiger partial charge is 0.469 e. The second-order valence-electron chi connectivity index (χ2n) is 4.95. The molecular formula is C16H15NO3S. The van der Waals surface area contributed by atoms with Crippen LogP contribution in [0.2, 0.25) is 0 Å². The molecule has 1 heterocycles. The molecule has 2 aromatic rings. The second-order valence-corrected chi connectivity index (χ2v) is 6.67. The number of aryl methyl sites for hydroxylation is 1. The normalized spacial score (nSPS) is 17.4. The highest BCUT2D eigenvalue weighted by molar-refractivity contribution is 7.89. The zero-order valence-electron chi connectivity index (χ0n) is 11.5. The van der Waals surface area contributed by atoms with Crippen LogP contribution in [0.25, 0.3) is 5.57 Å². The maximum absolute atomic E-state index is 12.4. The van der Waals surface area contributed by atoms with Crippen molar-refractivity contribution in [3.05, 3.63) is 66.2 Å². The molecule has 5 heteroatoms. The van der Waals surface area contributed by atoms with E-state index in [9.17, 15) is 8.42 Å². The average molecular weight is 301 g/mol. The van der Waals surface area contributed by atoms with Gasteiger partial charge in [-0.2, -0.15) is 4.72 Å². The Labute approximate surface area is 124 Å². The number of fused-ring (bicyclic) bond motifs is 1. The van der Waals surface area contributed by atoms with Crippen LogP contribution in [0.4, 0.5) is 0 Å². The van der Waals surface area contributed by atoms with Gasteiger partial charge in [0.25, 0.3) is 0 Å². The third-order valence-corrected chi connectivity index (χ3v) is 4.80. The minimum absolute atomic E-state index is 0.209. The Balaban J connectivity index is 1.85. The summed E-state index contributed by atoms with van der Waals surface area (Å²) in [4.78, 5) is 0.209. The van der Waals surface area contributed by atoms with Gasteiger partial charge in [-0.05, 0) is 25.1 Å². The Kier molecular flexibility index (Phi) is 3.31. The molecule has 0 aromatic heterocycles. The molecule has 108 valence electrons. The molecule has 1 atom stereocenters. The van der Waals surface area contributed by atoms with Crippen LogP contribution in [-0.4, -0.2) is 14.6 Å². The SMILES string of the molecule is C=C1c2ccccc2O[C@H]1NS(=O)(=O)c1ccc(C)cc1. The molecule has 0 spiro atoms. The fraction of sp³-hybridized carbons (Fsp3) is 0.125. The van der Waals surface area contributed by atoms with Crippen LogP contribution >= 0.6 is 0 Å². The molecule has 0 aliphatic carbocycles. The molecule has 3 rings (SSSR count). The first kappa shape index (κ1) is 13.9. The van der Waals surface area contributed by atoms with Crippen molar-refractivity contribution in [1.29, 1.82) is 0 Å². The van der Waals surface area contributed by atoms with Gasteiger partial charge in [0.2, 0.25) is 10.0 Å². The molecule has 0 saturated heterocycles. The maximum Gasteiger partial charge on any atom is 0.243 e. The van der Waals surface area contributed by atoms with Gasteiger partial charge in [-0.3, -0.25) is 0 Å². The molecule has 0 fully saturated rings. The van der Waals surface area contributed by atoms with Crippen molar-refractivity contribution in [3.63, 3.8) is 0 Å². The summed E-state index contributed by atoms with van der Waals surface area (Å²) < 4.78 is 32.9. The van der Waals surface area contributed by atoms with E-state index in [0.717, 1.165) is 11.1 Å². The smallest absolute Gasteiger partial charge is 0.243 e. The van der Waals surface area contributed by atoms with Crippen LogP contribution in [0.5, 0.6) is 5.75 Å². The second kappa shape index (κ2) is 5.02. The standard InChI is InChI=1S/C16H15NO3S/c1-11-7-9-13(10-8-11)21(18,19)17-16-12(2)14-5-3-4-6-15(14)20-16/h3-10,16-17H,2H2,1H3/t16-/m1/s1. The topological polar surface area (TPSA) is 55.4 Å². The van der Waals surface area contributed by atoms with Crippen LogP contribution < -0.4 is 9.46 Å². The summed E-state index contributed by atoms with van der Waals surface area (Å²) in [5.41, 5.74) is 2.44. The van der Waals surface area contributed by atoms with Crippen molar-refractivity contribution in [2.45, 2.75) is 18.0 Å².